The number of H-pyrrole nitrogens is 2. The van der Waals surface area contributed by atoms with Crippen LogP contribution in [0, 0.1) is 23.3 Å². The lowest BCUT2D eigenvalue weighted by Crippen LogP contribution is -2.23. The first-order valence-corrected chi connectivity index (χ1v) is 24.4. The highest BCUT2D eigenvalue weighted by molar-refractivity contribution is 8.24. The molecule has 0 bridgehead atoms. The van der Waals surface area contributed by atoms with E-state index in [1.165, 1.54) is 14.1 Å². The average molecular weight is 1060 g/mol. The molecular formula is C35H70B2Cl6F4N13O3P. The van der Waals surface area contributed by atoms with Gasteiger partial charge in [0.1, 0.15) is 0 Å². The SMILES string of the molecule is CC.CC.CC.CC.CC.CC.CC.CN.CN.CNc1nc(Cl)ncc1F.CNc1ncc(F)c(NC)n1.Fc1cnc(Cl)nc1Cl.O=P(Cl)(Cl)Cl.O=c1[nH]cc(F)c(=O)[nH]1.[B].[B]. The Hall–Kier alpha value is -2.94. The molecule has 0 saturated carbocycles. The Morgan fingerprint density at radius 2 is 0.859 bits per heavy atom. The third-order valence-corrected chi connectivity index (χ3v) is 4.23. The molecule has 0 aliphatic carbocycles. The number of nitrogens with two attached hydrogens (primary N) is 2. The maximum atomic E-state index is 12.7. The zero-order valence-corrected chi connectivity index (χ0v) is 45.7. The summed E-state index contributed by atoms with van der Waals surface area (Å²) >= 11 is 29.7. The van der Waals surface area contributed by atoms with E-state index < -0.39 is 39.7 Å². The Kier molecular flexibility index (Phi) is 102. The molecule has 0 saturated heterocycles. The Labute approximate surface area is 412 Å². The molecular weight excluding hydrogens is 992 g/mol. The monoisotopic (exact) mass is 1060 g/mol. The zero-order valence-electron chi connectivity index (χ0n) is 40.3. The third kappa shape index (κ3) is 65.7. The number of nitrogens with zero attached hydrogens (tertiary/aromatic N) is 6. The van der Waals surface area contributed by atoms with E-state index in [4.69, 9.17) is 34.8 Å². The Balaban J connectivity index is -0.0000000485. The molecule has 9 N–H and O–H groups in total. The van der Waals surface area contributed by atoms with E-state index in [0.717, 1.165) is 18.6 Å². The van der Waals surface area contributed by atoms with Crippen LogP contribution in [0.4, 0.5) is 35.1 Å². The lowest BCUT2D eigenvalue weighted by atomic mass is 10.5. The summed E-state index contributed by atoms with van der Waals surface area (Å²) in [6.07, 6.45) is 3.75. The molecule has 0 unspecified atom stereocenters. The largest absolute Gasteiger partial charge is 0.371 e. The predicted molar refractivity (Wildman–Crippen MR) is 274 cm³/mol. The molecule has 6 radical (unpaired) electrons. The Morgan fingerprint density at radius 3 is 1.12 bits per heavy atom. The smallest absolute Gasteiger partial charge is 0.339 e. The van der Waals surface area contributed by atoms with Crippen LogP contribution in [0.3, 0.4) is 0 Å². The van der Waals surface area contributed by atoms with Crippen molar-refractivity contribution in [3.05, 3.63) is 84.6 Å². The minimum Gasteiger partial charge on any atom is -0.371 e. The lowest BCUT2D eigenvalue weighted by molar-refractivity contribution is 0.596. The van der Waals surface area contributed by atoms with Crippen LogP contribution >= 0.6 is 73.7 Å². The number of nitrogens with one attached hydrogen (secondary N) is 5. The summed E-state index contributed by atoms with van der Waals surface area (Å²) < 4.78 is 58.9. The molecule has 4 rings (SSSR count). The summed E-state index contributed by atoms with van der Waals surface area (Å²) in [5.74, 6) is -1.91. The van der Waals surface area contributed by atoms with Crippen LogP contribution in [0.25, 0.3) is 0 Å². The van der Waals surface area contributed by atoms with E-state index >= 15 is 0 Å². The minimum atomic E-state index is -3.22. The molecule has 0 fully saturated rings. The van der Waals surface area contributed by atoms with Crippen LogP contribution < -0.4 is 38.7 Å². The van der Waals surface area contributed by atoms with Gasteiger partial charge < -0.3 is 32.4 Å². The Bertz CT molecular complexity index is 1680. The summed E-state index contributed by atoms with van der Waals surface area (Å²) in [7, 11) is 7.83. The summed E-state index contributed by atoms with van der Waals surface area (Å²) in [6, 6.07) is 0. The van der Waals surface area contributed by atoms with Crippen LogP contribution in [-0.2, 0) is 4.57 Å². The molecule has 4 aromatic heterocycles. The second-order valence-corrected chi connectivity index (χ2v) is 14.2. The van der Waals surface area contributed by atoms with Crippen LogP contribution in [0.5, 0.6) is 0 Å². The van der Waals surface area contributed by atoms with Gasteiger partial charge in [-0.05, 0) is 71.0 Å². The van der Waals surface area contributed by atoms with Gasteiger partial charge in [0.15, 0.2) is 34.2 Å². The van der Waals surface area contributed by atoms with Crippen molar-refractivity contribution in [2.45, 2.75) is 96.9 Å². The van der Waals surface area contributed by atoms with E-state index in [-0.39, 0.29) is 44.2 Å². The van der Waals surface area contributed by atoms with Crippen molar-refractivity contribution in [1.29, 1.82) is 0 Å². The lowest BCUT2D eigenvalue weighted by Gasteiger charge is -2.02. The minimum absolute atomic E-state index is 0. The molecule has 0 atom stereocenters. The first-order valence-electron chi connectivity index (χ1n) is 18.8. The summed E-state index contributed by atoms with van der Waals surface area (Å²) in [4.78, 5) is 45.1. The highest BCUT2D eigenvalue weighted by Crippen LogP contribution is 2.61. The van der Waals surface area contributed by atoms with Gasteiger partial charge in [-0.1, -0.05) is 109 Å². The first-order chi connectivity index (χ1) is 29.4. The van der Waals surface area contributed by atoms with Crippen LogP contribution in [-0.4, -0.2) is 91.9 Å². The van der Waals surface area contributed by atoms with Gasteiger partial charge in [0, 0.05) is 44.2 Å². The van der Waals surface area contributed by atoms with Gasteiger partial charge in [-0.3, -0.25) is 14.3 Å². The number of hydrogen-bond donors (Lipinski definition) is 7. The first kappa shape index (κ1) is 91.5. The summed E-state index contributed by atoms with van der Waals surface area (Å²) in [5.41, 5.74) is 7.29. The second kappa shape index (κ2) is 71.7. The molecule has 0 aliphatic rings. The van der Waals surface area contributed by atoms with Gasteiger partial charge in [-0.2, -0.15) is 14.4 Å². The molecule has 16 nitrogen and oxygen atoms in total. The zero-order chi connectivity index (χ0) is 52.0. The van der Waals surface area contributed by atoms with Gasteiger partial charge >= 0.3 is 10.9 Å². The van der Waals surface area contributed by atoms with E-state index in [1.54, 1.807) is 26.1 Å². The second-order valence-electron chi connectivity index (χ2n) is 6.57. The van der Waals surface area contributed by atoms with Crippen molar-refractivity contribution in [1.82, 2.24) is 39.9 Å². The van der Waals surface area contributed by atoms with Gasteiger partial charge in [0.25, 0.3) is 5.56 Å². The Morgan fingerprint density at radius 1 is 0.547 bits per heavy atom. The van der Waals surface area contributed by atoms with E-state index in [2.05, 4.69) is 91.0 Å². The summed E-state index contributed by atoms with van der Waals surface area (Å²) in [6.45, 7) is 28.0. The van der Waals surface area contributed by atoms with Crippen LogP contribution in [0.15, 0.2) is 34.4 Å². The molecule has 64 heavy (non-hydrogen) atoms. The fourth-order valence-electron chi connectivity index (χ4n) is 1.90. The van der Waals surface area contributed by atoms with Crippen LogP contribution in [0.1, 0.15) is 96.9 Å². The van der Waals surface area contributed by atoms with Gasteiger partial charge in [-0.25, -0.2) is 37.9 Å². The molecule has 0 aromatic carbocycles. The number of aromatic nitrogens is 8. The molecule has 374 valence electrons. The number of rotatable bonds is 3. The van der Waals surface area contributed by atoms with Gasteiger partial charge in [0.2, 0.25) is 22.3 Å². The number of halogens is 10. The predicted octanol–water partition coefficient (Wildman–Crippen LogP) is 11.5. The highest BCUT2D eigenvalue weighted by atomic mass is 36.0. The van der Waals surface area contributed by atoms with E-state index in [0.29, 0.717) is 12.1 Å². The number of anilines is 3. The van der Waals surface area contributed by atoms with Crippen molar-refractivity contribution in [2.24, 2.45) is 11.5 Å². The van der Waals surface area contributed by atoms with Gasteiger partial charge in [0.05, 0.1) is 18.6 Å². The van der Waals surface area contributed by atoms with Gasteiger partial charge in [-0.15, -0.1) is 0 Å². The molecule has 29 heteroatoms. The van der Waals surface area contributed by atoms with Crippen molar-refractivity contribution >= 4 is 108 Å². The molecule has 4 heterocycles. The molecule has 0 aliphatic heterocycles. The van der Waals surface area contributed by atoms with Crippen molar-refractivity contribution in [2.75, 3.05) is 51.2 Å². The van der Waals surface area contributed by atoms with Crippen molar-refractivity contribution in [3.8, 4) is 0 Å². The maximum absolute atomic E-state index is 12.7. The fraction of sp³-hybridized carbons (Fsp3) is 0.543. The number of aromatic amines is 2. The standard InChI is InChI=1S/C6H9FN4.C5H5ClFN3.C4HCl2FN2.C4H3FN2O2.7C2H6.2CH5N.2B.Cl3OP/c1-8-5-4(7)3-10-6(9-2)11-5;1-8-4-3(7)2-9-5(6)10-4;5-3-2(7)1-8-4(6)9-3;5-2-1-6-4(9)7-3(2)8;9*1-2;;;1-5(2,3)4/h3H,1-2H3,(H2,8,9,10,11);2H,1H3,(H,8,9,10);1H;1H,(H2,6,7,8,9);7*1-2H3;2*2H2,1H3;;;. The average Bonchev–Trinajstić information content (AvgIpc) is 3.31. The summed E-state index contributed by atoms with van der Waals surface area (Å²) in [5, 5.41) is 4.33. The highest BCUT2D eigenvalue weighted by Gasteiger charge is 2.04. The van der Waals surface area contributed by atoms with E-state index in [1.807, 2.05) is 102 Å². The van der Waals surface area contributed by atoms with Crippen molar-refractivity contribution in [3.63, 3.8) is 0 Å². The fourth-order valence-corrected chi connectivity index (χ4v) is 2.34. The maximum Gasteiger partial charge on any atom is 0.339 e. The quantitative estimate of drug-likeness (QED) is 0.0332. The van der Waals surface area contributed by atoms with Crippen LogP contribution in [0.2, 0.25) is 15.7 Å². The third-order valence-electron chi connectivity index (χ3n) is 3.60. The normalized spacial score (nSPS) is 7.55. The van der Waals surface area contributed by atoms with Crippen molar-refractivity contribution < 1.29 is 22.1 Å². The number of hydrogen-bond acceptors (Lipinski definition) is 14. The molecule has 0 spiro atoms. The van der Waals surface area contributed by atoms with E-state index in [9.17, 15) is 31.7 Å². The molecule has 0 amide bonds. The molecule has 4 aromatic rings. The topological polar surface area (TPSA) is 248 Å².